The number of aliphatic hydroxyl groups excluding tert-OH is 3. The number of primary amides is 1. The molecule has 0 aliphatic rings. The monoisotopic (exact) mass is 554 g/mol. The zero-order valence-electron chi connectivity index (χ0n) is 21.4. The van der Waals surface area contributed by atoms with Crippen LogP contribution in [-0.2, 0) is 28.7 Å². The highest BCUT2D eigenvalue weighted by molar-refractivity contribution is 5.95. The van der Waals surface area contributed by atoms with Crippen LogP contribution in [-0.4, -0.2) is 105 Å². The molecule has 3 unspecified atom stereocenters. The van der Waals surface area contributed by atoms with Crippen molar-refractivity contribution in [3.8, 4) is 0 Å². The standard InChI is InChI=1S/C24H34N4O11/c1-12(22(36)27-15(21(25)35)8-9-18(32)33)26-23(37)13(2)39-20(19(34)17(31)11-30)16(10-29)28-24(38)14-6-4-3-5-7-14/h3-7,10,12-13,15-17,19-20,30-31,34H,8-9,11H2,1-2H3,(H2,25,35)(H,26,37)(H,27,36)(H,28,38)(H,32,33)/t12?,13?,15?,16-,17+,19+,20+/m0/s1. The van der Waals surface area contributed by atoms with Gasteiger partial charge < -0.3 is 51.6 Å². The Bertz CT molecular complexity index is 1010. The summed E-state index contributed by atoms with van der Waals surface area (Å²) >= 11 is 0. The summed E-state index contributed by atoms with van der Waals surface area (Å²) in [5, 5.41) is 45.3. The van der Waals surface area contributed by atoms with Crippen LogP contribution in [0.1, 0.15) is 37.0 Å². The number of amides is 4. The van der Waals surface area contributed by atoms with Crippen molar-refractivity contribution in [1.82, 2.24) is 16.0 Å². The van der Waals surface area contributed by atoms with Gasteiger partial charge in [-0.15, -0.1) is 0 Å². The van der Waals surface area contributed by atoms with Crippen LogP contribution in [0.5, 0.6) is 0 Å². The molecule has 0 fully saturated rings. The normalized spacial score (nSPS) is 16.3. The topological polar surface area (TPSA) is 255 Å². The van der Waals surface area contributed by atoms with E-state index in [1.165, 1.54) is 26.0 Å². The molecule has 4 amide bonds. The molecule has 0 radical (unpaired) electrons. The molecule has 0 saturated heterocycles. The number of nitrogens with one attached hydrogen (secondary N) is 3. The second-order valence-corrected chi connectivity index (χ2v) is 8.61. The van der Waals surface area contributed by atoms with Gasteiger partial charge in [0.1, 0.15) is 48.8 Å². The molecule has 0 heterocycles. The summed E-state index contributed by atoms with van der Waals surface area (Å²) in [7, 11) is 0. The summed E-state index contributed by atoms with van der Waals surface area (Å²) in [6, 6.07) is 3.58. The molecule has 15 nitrogen and oxygen atoms in total. The van der Waals surface area contributed by atoms with E-state index in [4.69, 9.17) is 15.6 Å². The quantitative estimate of drug-likeness (QED) is 0.0890. The second kappa shape index (κ2) is 16.1. The van der Waals surface area contributed by atoms with Crippen molar-refractivity contribution in [3.63, 3.8) is 0 Å². The number of benzene rings is 1. The van der Waals surface area contributed by atoms with E-state index in [2.05, 4.69) is 16.0 Å². The molecule has 0 bridgehead atoms. The highest BCUT2D eigenvalue weighted by Gasteiger charge is 2.37. The highest BCUT2D eigenvalue weighted by atomic mass is 16.5. The van der Waals surface area contributed by atoms with Crippen molar-refractivity contribution < 1.29 is 53.9 Å². The first-order chi connectivity index (χ1) is 18.3. The van der Waals surface area contributed by atoms with E-state index >= 15 is 0 Å². The molecule has 1 aromatic rings. The van der Waals surface area contributed by atoms with Gasteiger partial charge in [0, 0.05) is 12.0 Å². The molecule has 0 saturated carbocycles. The van der Waals surface area contributed by atoms with Crippen molar-refractivity contribution in [1.29, 1.82) is 0 Å². The van der Waals surface area contributed by atoms with E-state index in [-0.39, 0.29) is 18.3 Å². The van der Waals surface area contributed by atoms with E-state index in [1.807, 2.05) is 0 Å². The second-order valence-electron chi connectivity index (χ2n) is 8.61. The van der Waals surface area contributed by atoms with Gasteiger partial charge in [-0.25, -0.2) is 0 Å². The zero-order valence-corrected chi connectivity index (χ0v) is 21.4. The minimum absolute atomic E-state index is 0.170. The third kappa shape index (κ3) is 10.8. The Morgan fingerprint density at radius 1 is 1.00 bits per heavy atom. The number of carboxylic acid groups (broad SMARTS) is 1. The van der Waals surface area contributed by atoms with Crippen LogP contribution < -0.4 is 21.7 Å². The summed E-state index contributed by atoms with van der Waals surface area (Å²) < 4.78 is 5.50. The van der Waals surface area contributed by atoms with E-state index in [0.29, 0.717) is 0 Å². The molecule has 15 heteroatoms. The number of aliphatic hydroxyl groups is 3. The van der Waals surface area contributed by atoms with Gasteiger partial charge in [-0.2, -0.15) is 0 Å². The predicted octanol–water partition coefficient (Wildman–Crippen LogP) is -3.19. The lowest BCUT2D eigenvalue weighted by Crippen LogP contribution is -2.57. The van der Waals surface area contributed by atoms with Crippen LogP contribution in [0.4, 0.5) is 0 Å². The molecule has 39 heavy (non-hydrogen) atoms. The number of nitrogens with two attached hydrogens (primary N) is 1. The summed E-state index contributed by atoms with van der Waals surface area (Å²) in [5.41, 5.74) is 5.35. The number of carboxylic acids is 1. The number of aliphatic carboxylic acids is 1. The molecule has 0 spiro atoms. The number of aldehydes is 1. The lowest BCUT2D eigenvalue weighted by Gasteiger charge is -2.32. The van der Waals surface area contributed by atoms with Crippen LogP contribution in [0.2, 0.25) is 0 Å². The van der Waals surface area contributed by atoms with Crippen molar-refractivity contribution in [2.45, 2.75) is 69.2 Å². The van der Waals surface area contributed by atoms with Gasteiger partial charge in [-0.05, 0) is 32.4 Å². The fourth-order valence-corrected chi connectivity index (χ4v) is 3.27. The Morgan fingerprint density at radius 2 is 1.62 bits per heavy atom. The molecule has 0 aliphatic carbocycles. The van der Waals surface area contributed by atoms with Gasteiger partial charge in [0.15, 0.2) is 0 Å². The first-order valence-electron chi connectivity index (χ1n) is 11.9. The molecular formula is C24H34N4O11. The molecule has 9 N–H and O–H groups in total. The van der Waals surface area contributed by atoms with Gasteiger partial charge in [0.2, 0.25) is 17.7 Å². The number of hydrogen-bond acceptors (Lipinski definition) is 10. The van der Waals surface area contributed by atoms with Gasteiger partial charge in [-0.1, -0.05) is 18.2 Å². The van der Waals surface area contributed by atoms with Crippen molar-refractivity contribution in [3.05, 3.63) is 35.9 Å². The Balaban J connectivity index is 2.95. The van der Waals surface area contributed by atoms with Crippen LogP contribution in [0.25, 0.3) is 0 Å². The van der Waals surface area contributed by atoms with E-state index in [1.54, 1.807) is 18.2 Å². The first-order valence-corrected chi connectivity index (χ1v) is 11.9. The SMILES string of the molecule is CC(NC(=O)C(C)O[C@@H]([C@H](O)[C@H](O)CO)[C@H](C=O)NC(=O)c1ccccc1)C(=O)NC(CCC(=O)O)C(N)=O. The first kappa shape index (κ1) is 33.1. The van der Waals surface area contributed by atoms with Crippen LogP contribution in [0.15, 0.2) is 30.3 Å². The highest BCUT2D eigenvalue weighted by Crippen LogP contribution is 2.13. The number of rotatable bonds is 17. The molecule has 1 rings (SSSR count). The average molecular weight is 555 g/mol. The van der Waals surface area contributed by atoms with Crippen molar-refractivity contribution in [2.24, 2.45) is 5.73 Å². The van der Waals surface area contributed by atoms with Crippen LogP contribution in [0.3, 0.4) is 0 Å². The third-order valence-electron chi connectivity index (χ3n) is 5.54. The van der Waals surface area contributed by atoms with Crippen molar-refractivity contribution in [2.75, 3.05) is 6.61 Å². The van der Waals surface area contributed by atoms with E-state index in [9.17, 15) is 44.1 Å². The molecule has 0 aliphatic heterocycles. The largest absolute Gasteiger partial charge is 0.481 e. The zero-order chi connectivity index (χ0) is 29.7. The molecule has 1 aromatic carbocycles. The summed E-state index contributed by atoms with van der Waals surface area (Å²) in [5.74, 6) is -4.69. The van der Waals surface area contributed by atoms with Gasteiger partial charge in [0.25, 0.3) is 5.91 Å². The van der Waals surface area contributed by atoms with Crippen LogP contribution >= 0.6 is 0 Å². The van der Waals surface area contributed by atoms with Crippen molar-refractivity contribution >= 4 is 35.9 Å². The van der Waals surface area contributed by atoms with Crippen LogP contribution in [0, 0.1) is 0 Å². The minimum atomic E-state index is -1.93. The van der Waals surface area contributed by atoms with Gasteiger partial charge in [0.05, 0.1) is 6.61 Å². The smallest absolute Gasteiger partial charge is 0.303 e. The minimum Gasteiger partial charge on any atom is -0.481 e. The fourth-order valence-electron chi connectivity index (χ4n) is 3.27. The number of carbonyl (C=O) groups is 6. The lowest BCUT2D eigenvalue weighted by molar-refractivity contribution is -0.156. The van der Waals surface area contributed by atoms with Gasteiger partial charge in [-0.3, -0.25) is 24.0 Å². The Hall–Kier alpha value is -3.92. The molecule has 0 aromatic heterocycles. The number of hydrogen-bond donors (Lipinski definition) is 8. The fraction of sp³-hybridized carbons (Fsp3) is 0.500. The molecule has 7 atom stereocenters. The Labute approximate surface area is 223 Å². The molecular weight excluding hydrogens is 520 g/mol. The van der Waals surface area contributed by atoms with E-state index < -0.39 is 85.2 Å². The molecule has 216 valence electrons. The lowest BCUT2D eigenvalue weighted by atomic mass is 10.0. The summed E-state index contributed by atoms with van der Waals surface area (Å²) in [6.45, 7) is 1.52. The van der Waals surface area contributed by atoms with Gasteiger partial charge >= 0.3 is 5.97 Å². The maximum Gasteiger partial charge on any atom is 0.303 e. The van der Waals surface area contributed by atoms with E-state index in [0.717, 1.165) is 0 Å². The number of ether oxygens (including phenoxy) is 1. The Morgan fingerprint density at radius 3 is 2.13 bits per heavy atom. The summed E-state index contributed by atoms with van der Waals surface area (Å²) in [4.78, 5) is 71.7. The number of carbonyl (C=O) groups excluding carboxylic acids is 5. The summed E-state index contributed by atoms with van der Waals surface area (Å²) in [6.07, 6.45) is -7.41. The maximum absolute atomic E-state index is 12.7. The predicted molar refractivity (Wildman–Crippen MR) is 133 cm³/mol. The maximum atomic E-state index is 12.7. The average Bonchev–Trinajstić information content (AvgIpc) is 2.91. The third-order valence-corrected chi connectivity index (χ3v) is 5.54. The Kier molecular flexibility index (Phi) is 13.7.